The summed E-state index contributed by atoms with van der Waals surface area (Å²) in [5.41, 5.74) is 0. The number of nitrogens with one attached hydrogen (secondary N) is 1. The first-order valence-corrected chi connectivity index (χ1v) is 6.29. The molecule has 0 aliphatic heterocycles. The Balaban J connectivity index is 2.11. The molecule has 1 unspecified atom stereocenters. The molecule has 1 aliphatic carbocycles. The predicted octanol–water partition coefficient (Wildman–Crippen LogP) is 2.55. The van der Waals surface area contributed by atoms with Crippen molar-refractivity contribution in [2.75, 3.05) is 5.75 Å². The number of hydrogen-bond donors (Lipinski definition) is 1. The maximum absolute atomic E-state index is 8.91. The van der Waals surface area contributed by atoms with Crippen molar-refractivity contribution in [1.82, 2.24) is 5.32 Å². The summed E-state index contributed by atoms with van der Waals surface area (Å²) in [6.45, 7) is 6.65. The second kappa shape index (κ2) is 5.04. The van der Waals surface area contributed by atoms with E-state index in [1.165, 1.54) is 12.8 Å². The number of rotatable bonds is 5. The fourth-order valence-electron chi connectivity index (χ4n) is 1.20. The zero-order valence-corrected chi connectivity index (χ0v) is 10.2. The molecule has 0 aromatic heterocycles. The van der Waals surface area contributed by atoms with Crippen molar-refractivity contribution in [3.8, 4) is 6.07 Å². The fraction of sp³-hybridized carbons (Fsp3) is 0.909. The van der Waals surface area contributed by atoms with E-state index in [-0.39, 0.29) is 6.04 Å². The van der Waals surface area contributed by atoms with E-state index in [2.05, 4.69) is 32.2 Å². The van der Waals surface area contributed by atoms with Crippen LogP contribution in [0.1, 0.15) is 40.0 Å². The van der Waals surface area contributed by atoms with E-state index in [1.54, 1.807) is 0 Å². The number of nitriles is 1. The quantitative estimate of drug-likeness (QED) is 0.761. The molecule has 14 heavy (non-hydrogen) atoms. The summed E-state index contributed by atoms with van der Waals surface area (Å²) in [7, 11) is 0. The second-order valence-corrected chi connectivity index (χ2v) is 6.79. The predicted molar refractivity (Wildman–Crippen MR) is 62.4 cm³/mol. The molecule has 0 aromatic carbocycles. The van der Waals surface area contributed by atoms with Gasteiger partial charge in [0.25, 0.3) is 0 Å². The number of hydrogen-bond acceptors (Lipinski definition) is 3. The van der Waals surface area contributed by atoms with Crippen molar-refractivity contribution in [3.05, 3.63) is 0 Å². The van der Waals surface area contributed by atoms with Gasteiger partial charge in [0, 0.05) is 10.8 Å². The minimum Gasteiger partial charge on any atom is -0.299 e. The number of nitrogens with zero attached hydrogens (tertiary/aromatic N) is 1. The van der Waals surface area contributed by atoms with E-state index < -0.39 is 0 Å². The maximum Gasteiger partial charge on any atom is 0.0963 e. The molecule has 0 saturated heterocycles. The van der Waals surface area contributed by atoms with Gasteiger partial charge < -0.3 is 0 Å². The molecule has 1 fully saturated rings. The molecule has 1 atom stereocenters. The highest BCUT2D eigenvalue weighted by molar-refractivity contribution is 8.00. The first kappa shape index (κ1) is 11.9. The molecule has 0 bridgehead atoms. The molecule has 3 heteroatoms. The van der Waals surface area contributed by atoms with Gasteiger partial charge in [-0.1, -0.05) is 20.8 Å². The zero-order chi connectivity index (χ0) is 10.6. The molecule has 1 N–H and O–H groups in total. The smallest absolute Gasteiger partial charge is 0.0963 e. The van der Waals surface area contributed by atoms with Gasteiger partial charge in [0.15, 0.2) is 0 Å². The summed E-state index contributed by atoms with van der Waals surface area (Å²) >= 11 is 1.93. The van der Waals surface area contributed by atoms with Crippen LogP contribution in [0.15, 0.2) is 0 Å². The van der Waals surface area contributed by atoms with Crippen LogP contribution in [0.25, 0.3) is 0 Å². The van der Waals surface area contributed by atoms with Crippen LogP contribution in [0.3, 0.4) is 0 Å². The molecule has 0 amide bonds. The lowest BCUT2D eigenvalue weighted by Gasteiger charge is -2.18. The van der Waals surface area contributed by atoms with Crippen LogP contribution in [-0.4, -0.2) is 22.6 Å². The topological polar surface area (TPSA) is 35.8 Å². The van der Waals surface area contributed by atoms with Crippen molar-refractivity contribution in [1.29, 1.82) is 5.26 Å². The molecule has 0 aromatic rings. The third kappa shape index (κ3) is 5.51. The van der Waals surface area contributed by atoms with E-state index in [0.29, 0.717) is 10.8 Å². The van der Waals surface area contributed by atoms with Gasteiger partial charge in [-0.3, -0.25) is 5.32 Å². The SMILES string of the molecule is CC(C)(C)SCCC(C#N)NC1CC1. The van der Waals surface area contributed by atoms with Gasteiger partial charge >= 0.3 is 0 Å². The van der Waals surface area contributed by atoms with Crippen LogP contribution in [0.2, 0.25) is 0 Å². The largest absolute Gasteiger partial charge is 0.299 e. The summed E-state index contributed by atoms with van der Waals surface area (Å²) in [5, 5.41) is 12.3. The highest BCUT2D eigenvalue weighted by Gasteiger charge is 2.24. The Morgan fingerprint density at radius 2 is 2.14 bits per heavy atom. The van der Waals surface area contributed by atoms with Crippen molar-refractivity contribution >= 4 is 11.8 Å². The van der Waals surface area contributed by atoms with Crippen LogP contribution >= 0.6 is 11.8 Å². The van der Waals surface area contributed by atoms with E-state index in [9.17, 15) is 0 Å². The Bertz CT molecular complexity index is 210. The minimum atomic E-state index is 0.0670. The van der Waals surface area contributed by atoms with Crippen molar-refractivity contribution < 1.29 is 0 Å². The molecular weight excluding hydrogens is 192 g/mol. The van der Waals surface area contributed by atoms with E-state index in [4.69, 9.17) is 5.26 Å². The number of thioether (sulfide) groups is 1. The van der Waals surface area contributed by atoms with Crippen LogP contribution in [0.4, 0.5) is 0 Å². The Morgan fingerprint density at radius 1 is 1.50 bits per heavy atom. The molecule has 80 valence electrons. The third-order valence-electron chi connectivity index (χ3n) is 2.11. The van der Waals surface area contributed by atoms with Crippen LogP contribution in [0.5, 0.6) is 0 Å². The molecule has 1 rings (SSSR count). The molecule has 0 spiro atoms. The van der Waals surface area contributed by atoms with Gasteiger partial charge in [-0.05, 0) is 25.0 Å². The van der Waals surface area contributed by atoms with Crippen molar-refractivity contribution in [2.45, 2.75) is 56.9 Å². The summed E-state index contributed by atoms with van der Waals surface area (Å²) in [4.78, 5) is 0. The van der Waals surface area contributed by atoms with Crippen molar-refractivity contribution in [3.63, 3.8) is 0 Å². The molecule has 1 aliphatic rings. The lowest BCUT2D eigenvalue weighted by Crippen LogP contribution is -2.30. The van der Waals surface area contributed by atoms with Gasteiger partial charge in [0.05, 0.1) is 12.1 Å². The lowest BCUT2D eigenvalue weighted by atomic mass is 10.2. The fourth-order valence-corrected chi connectivity index (χ4v) is 2.17. The van der Waals surface area contributed by atoms with Gasteiger partial charge in [-0.25, -0.2) is 0 Å². The lowest BCUT2D eigenvalue weighted by molar-refractivity contribution is 0.586. The summed E-state index contributed by atoms with van der Waals surface area (Å²) in [6.07, 6.45) is 3.48. The Labute approximate surface area is 91.4 Å². The first-order chi connectivity index (χ1) is 6.51. The van der Waals surface area contributed by atoms with E-state index in [0.717, 1.165) is 12.2 Å². The van der Waals surface area contributed by atoms with E-state index in [1.807, 2.05) is 11.8 Å². The summed E-state index contributed by atoms with van der Waals surface area (Å²) in [6, 6.07) is 3.04. The average molecular weight is 212 g/mol. The second-order valence-electron chi connectivity index (χ2n) is 4.87. The Morgan fingerprint density at radius 3 is 2.57 bits per heavy atom. The van der Waals surface area contributed by atoms with Gasteiger partial charge in [-0.15, -0.1) is 0 Å². The highest BCUT2D eigenvalue weighted by atomic mass is 32.2. The monoisotopic (exact) mass is 212 g/mol. The van der Waals surface area contributed by atoms with Gasteiger partial charge in [0.1, 0.15) is 0 Å². The minimum absolute atomic E-state index is 0.0670. The van der Waals surface area contributed by atoms with Crippen LogP contribution in [-0.2, 0) is 0 Å². The standard InChI is InChI=1S/C11H20N2S/c1-11(2,3)14-7-6-10(8-12)13-9-4-5-9/h9-10,13H,4-7H2,1-3H3. The Hall–Kier alpha value is -0.200. The normalized spacial score (nSPS) is 19.0. The zero-order valence-electron chi connectivity index (χ0n) is 9.34. The molecule has 0 heterocycles. The van der Waals surface area contributed by atoms with Gasteiger partial charge in [-0.2, -0.15) is 17.0 Å². The summed E-state index contributed by atoms with van der Waals surface area (Å²) < 4.78 is 0.319. The first-order valence-electron chi connectivity index (χ1n) is 5.31. The molecular formula is C11H20N2S. The Kier molecular flexibility index (Phi) is 4.28. The third-order valence-corrected chi connectivity index (χ3v) is 3.42. The highest BCUT2D eigenvalue weighted by Crippen LogP contribution is 2.25. The molecule has 2 nitrogen and oxygen atoms in total. The molecule has 1 saturated carbocycles. The molecule has 0 radical (unpaired) electrons. The van der Waals surface area contributed by atoms with E-state index >= 15 is 0 Å². The van der Waals surface area contributed by atoms with Crippen LogP contribution < -0.4 is 5.32 Å². The van der Waals surface area contributed by atoms with Crippen molar-refractivity contribution in [2.24, 2.45) is 0 Å². The maximum atomic E-state index is 8.91. The average Bonchev–Trinajstić information content (AvgIpc) is 2.84. The summed E-state index contributed by atoms with van der Waals surface area (Å²) in [5.74, 6) is 1.07. The van der Waals surface area contributed by atoms with Crippen LogP contribution in [0, 0.1) is 11.3 Å². The van der Waals surface area contributed by atoms with Gasteiger partial charge in [0.2, 0.25) is 0 Å².